The molecule has 2 rings (SSSR count). The molecule has 82 valence electrons. The van der Waals surface area contributed by atoms with E-state index in [2.05, 4.69) is 10.5 Å². The van der Waals surface area contributed by atoms with E-state index in [1.165, 1.54) is 6.20 Å². The van der Waals surface area contributed by atoms with E-state index in [1.807, 2.05) is 0 Å². The summed E-state index contributed by atoms with van der Waals surface area (Å²) < 4.78 is 0.776. The first-order valence-corrected chi connectivity index (χ1v) is 4.97. The normalized spacial score (nSPS) is 16.0. The van der Waals surface area contributed by atoms with Crippen LogP contribution in [0.4, 0.5) is 0 Å². The smallest absolute Gasteiger partial charge is 0.240 e. The van der Waals surface area contributed by atoms with Crippen molar-refractivity contribution in [1.82, 2.24) is 5.43 Å². The van der Waals surface area contributed by atoms with E-state index in [1.54, 1.807) is 30.4 Å². The summed E-state index contributed by atoms with van der Waals surface area (Å²) in [5, 5.41) is 15.2. The third kappa shape index (κ3) is 2.44. The van der Waals surface area contributed by atoms with Crippen LogP contribution in [-0.4, -0.2) is 11.6 Å². The molecule has 1 aromatic heterocycles. The van der Waals surface area contributed by atoms with Crippen molar-refractivity contribution < 1.29 is 9.52 Å². The molecule has 0 radical (unpaired) electrons. The number of nitrogens with zero attached hydrogens (tertiary/aromatic N) is 2. The van der Waals surface area contributed by atoms with E-state index >= 15 is 0 Å². The summed E-state index contributed by atoms with van der Waals surface area (Å²) in [4.78, 5) is 10.8. The van der Waals surface area contributed by atoms with Gasteiger partial charge in [-0.25, -0.2) is 5.43 Å². The second kappa shape index (κ2) is 4.57. The predicted octanol–water partition coefficient (Wildman–Crippen LogP) is 0.599. The molecule has 5 nitrogen and oxygen atoms in total. The van der Waals surface area contributed by atoms with Crippen molar-refractivity contribution in [1.29, 1.82) is 0 Å². The zero-order valence-corrected chi connectivity index (χ0v) is 8.59. The number of rotatable bonds is 2. The molecule has 0 saturated heterocycles. The van der Waals surface area contributed by atoms with Gasteiger partial charge in [-0.3, -0.25) is 4.79 Å². The van der Waals surface area contributed by atoms with Gasteiger partial charge in [-0.1, -0.05) is 0 Å². The van der Waals surface area contributed by atoms with Crippen LogP contribution in [0.1, 0.15) is 18.5 Å². The van der Waals surface area contributed by atoms with E-state index in [0.717, 1.165) is 10.4 Å². The Morgan fingerprint density at radius 1 is 1.38 bits per heavy atom. The molecule has 16 heavy (non-hydrogen) atoms. The minimum absolute atomic E-state index is 0.0734. The predicted molar refractivity (Wildman–Crippen MR) is 59.2 cm³/mol. The van der Waals surface area contributed by atoms with E-state index in [-0.39, 0.29) is 5.91 Å². The number of hydrazone groups is 1. The van der Waals surface area contributed by atoms with E-state index in [0.29, 0.717) is 18.5 Å². The van der Waals surface area contributed by atoms with Crippen LogP contribution in [0.5, 0.6) is 0 Å². The first kappa shape index (κ1) is 10.4. The average molecular weight is 217 g/mol. The largest absolute Gasteiger partial charge is 0.618 e. The summed E-state index contributed by atoms with van der Waals surface area (Å²) in [7, 11) is 0. The van der Waals surface area contributed by atoms with Gasteiger partial charge in [-0.15, -0.1) is 0 Å². The van der Waals surface area contributed by atoms with Crippen molar-refractivity contribution in [3.05, 3.63) is 41.4 Å². The summed E-state index contributed by atoms with van der Waals surface area (Å²) >= 11 is 0. The molecular formula is C11H11N3O2. The molecule has 1 aliphatic heterocycles. The highest BCUT2D eigenvalue weighted by molar-refractivity contribution is 6.01. The minimum Gasteiger partial charge on any atom is -0.618 e. The third-order valence-electron chi connectivity index (χ3n) is 2.23. The van der Waals surface area contributed by atoms with Crippen LogP contribution in [0.15, 0.2) is 35.6 Å². The maximum atomic E-state index is 11.3. The van der Waals surface area contributed by atoms with Crippen molar-refractivity contribution in [3.63, 3.8) is 0 Å². The molecular weight excluding hydrogens is 206 g/mol. The Hall–Kier alpha value is -2.17. The van der Waals surface area contributed by atoms with Crippen molar-refractivity contribution >= 4 is 17.7 Å². The number of carbonyl (C=O) groups excluding carboxylic acids is 1. The molecule has 1 N–H and O–H groups in total. The quantitative estimate of drug-likeness (QED) is 0.582. The highest BCUT2D eigenvalue weighted by Crippen LogP contribution is 2.03. The SMILES string of the molecule is O=C1CCC(C=Cc2cccc[n+]2[O-])=NN1. The van der Waals surface area contributed by atoms with Crippen LogP contribution < -0.4 is 10.2 Å². The number of amides is 1. The molecule has 5 heteroatoms. The Bertz CT molecular complexity index is 466. The van der Waals surface area contributed by atoms with Crippen LogP contribution in [-0.2, 0) is 4.79 Å². The summed E-state index contributed by atoms with van der Waals surface area (Å²) in [6.45, 7) is 0. The Morgan fingerprint density at radius 3 is 2.94 bits per heavy atom. The summed E-state index contributed by atoms with van der Waals surface area (Å²) in [6, 6.07) is 5.17. The first-order valence-electron chi connectivity index (χ1n) is 4.97. The molecule has 1 aromatic rings. The van der Waals surface area contributed by atoms with Crippen molar-refractivity contribution in [3.8, 4) is 0 Å². The highest BCUT2D eigenvalue weighted by atomic mass is 16.5. The Morgan fingerprint density at radius 2 is 2.25 bits per heavy atom. The second-order valence-electron chi connectivity index (χ2n) is 3.42. The lowest BCUT2D eigenvalue weighted by molar-refractivity contribution is -0.607. The van der Waals surface area contributed by atoms with Gasteiger partial charge < -0.3 is 5.21 Å². The van der Waals surface area contributed by atoms with Crippen LogP contribution in [0, 0.1) is 5.21 Å². The lowest BCUT2D eigenvalue weighted by Gasteiger charge is -2.07. The maximum absolute atomic E-state index is 11.3. The maximum Gasteiger partial charge on any atom is 0.240 e. The zero-order valence-electron chi connectivity index (χ0n) is 8.59. The lowest BCUT2D eigenvalue weighted by atomic mass is 10.1. The number of allylic oxidation sites excluding steroid dienone is 1. The van der Waals surface area contributed by atoms with Gasteiger partial charge in [-0.05, 0) is 12.1 Å². The summed E-state index contributed by atoms with van der Waals surface area (Å²) in [6.07, 6.45) is 5.90. The minimum atomic E-state index is -0.0734. The van der Waals surface area contributed by atoms with Crippen molar-refractivity contribution in [2.24, 2.45) is 5.10 Å². The monoisotopic (exact) mass is 217 g/mol. The van der Waals surface area contributed by atoms with E-state index < -0.39 is 0 Å². The van der Waals surface area contributed by atoms with Gasteiger partial charge in [0.2, 0.25) is 11.6 Å². The number of nitrogens with one attached hydrogen (secondary N) is 1. The Labute approximate surface area is 92.7 Å². The fourth-order valence-corrected chi connectivity index (χ4v) is 1.36. The van der Waals surface area contributed by atoms with Gasteiger partial charge in [0.25, 0.3) is 0 Å². The van der Waals surface area contributed by atoms with Gasteiger partial charge in [0.1, 0.15) is 0 Å². The van der Waals surface area contributed by atoms with Crippen LogP contribution in [0.25, 0.3) is 6.08 Å². The number of hydrogen-bond acceptors (Lipinski definition) is 3. The molecule has 0 aliphatic carbocycles. The Kier molecular flexibility index (Phi) is 2.95. The summed E-state index contributed by atoms with van der Waals surface area (Å²) in [5.74, 6) is -0.0734. The zero-order chi connectivity index (χ0) is 11.4. The molecule has 0 aromatic carbocycles. The van der Waals surface area contributed by atoms with Crippen molar-refractivity contribution in [2.45, 2.75) is 12.8 Å². The molecule has 0 atom stereocenters. The van der Waals surface area contributed by atoms with Gasteiger partial charge in [0, 0.05) is 31.1 Å². The first-order chi connectivity index (χ1) is 7.75. The second-order valence-corrected chi connectivity index (χ2v) is 3.42. The van der Waals surface area contributed by atoms with Crippen LogP contribution in [0.3, 0.4) is 0 Å². The van der Waals surface area contributed by atoms with Gasteiger partial charge in [0.15, 0.2) is 6.20 Å². The average Bonchev–Trinajstić information content (AvgIpc) is 2.30. The number of hydrogen-bond donors (Lipinski definition) is 1. The number of aromatic nitrogens is 1. The van der Waals surface area contributed by atoms with Crippen molar-refractivity contribution in [2.75, 3.05) is 0 Å². The molecule has 0 fully saturated rings. The molecule has 1 amide bonds. The molecule has 2 heterocycles. The number of pyridine rings is 1. The molecule has 0 unspecified atom stereocenters. The van der Waals surface area contributed by atoms with E-state index in [9.17, 15) is 10.0 Å². The lowest BCUT2D eigenvalue weighted by Crippen LogP contribution is -2.28. The molecule has 0 saturated carbocycles. The van der Waals surface area contributed by atoms with Gasteiger partial charge in [-0.2, -0.15) is 9.83 Å². The molecule has 0 spiro atoms. The molecule has 1 aliphatic rings. The standard InChI is InChI=1S/C11H11N3O2/c15-11-7-5-9(12-13-11)4-6-10-3-1-2-8-14(10)16/h1-4,6,8H,5,7H2,(H,13,15). The molecule has 0 bridgehead atoms. The van der Waals surface area contributed by atoms with Gasteiger partial charge in [0.05, 0.1) is 5.71 Å². The third-order valence-corrected chi connectivity index (χ3v) is 2.23. The fraction of sp³-hybridized carbons (Fsp3) is 0.182. The summed E-state index contributed by atoms with van der Waals surface area (Å²) in [5.41, 5.74) is 3.71. The topological polar surface area (TPSA) is 68.4 Å². The van der Waals surface area contributed by atoms with E-state index in [4.69, 9.17) is 0 Å². The van der Waals surface area contributed by atoms with Crippen LogP contribution in [0.2, 0.25) is 0 Å². The number of carbonyl (C=O) groups is 1. The van der Waals surface area contributed by atoms with Gasteiger partial charge >= 0.3 is 0 Å². The highest BCUT2D eigenvalue weighted by Gasteiger charge is 2.09. The fourth-order valence-electron chi connectivity index (χ4n) is 1.36. The van der Waals surface area contributed by atoms with Crippen LogP contribution >= 0.6 is 0 Å². The Balaban J connectivity index is 2.10.